The molecule has 6 nitrogen and oxygen atoms in total. The van der Waals surface area contributed by atoms with Crippen LogP contribution in [0.2, 0.25) is 0 Å². The monoisotopic (exact) mass is 328 g/mol. The van der Waals surface area contributed by atoms with Crippen molar-refractivity contribution in [3.8, 4) is 5.75 Å². The first-order chi connectivity index (χ1) is 11.6. The number of hydrogen-bond donors (Lipinski definition) is 2. The summed E-state index contributed by atoms with van der Waals surface area (Å²) in [6, 6.07) is 12.5. The van der Waals surface area contributed by atoms with E-state index in [0.29, 0.717) is 31.7 Å². The Bertz CT molecular complexity index is 749. The molecule has 0 atom stereocenters. The summed E-state index contributed by atoms with van der Waals surface area (Å²) < 4.78 is 5.64. The minimum atomic E-state index is -0.963. The van der Waals surface area contributed by atoms with Crippen molar-refractivity contribution in [2.24, 2.45) is 0 Å². The predicted octanol–water partition coefficient (Wildman–Crippen LogP) is 1.42. The van der Waals surface area contributed by atoms with Gasteiger partial charge in [-0.25, -0.2) is 0 Å². The van der Waals surface area contributed by atoms with Gasteiger partial charge in [0.2, 0.25) is 0 Å². The number of aliphatic hydroxyl groups is 1. The molecule has 0 bridgehead atoms. The highest BCUT2D eigenvalue weighted by atomic mass is 16.5. The zero-order valence-electron chi connectivity index (χ0n) is 13.3. The van der Waals surface area contributed by atoms with Gasteiger partial charge in [-0.3, -0.25) is 9.59 Å². The third kappa shape index (κ3) is 3.65. The molecular formula is C18H20N2O4. The largest absolute Gasteiger partial charge is 0.491 e. The van der Waals surface area contributed by atoms with Crippen LogP contribution in [0.1, 0.15) is 23.2 Å². The maximum absolute atomic E-state index is 12.4. The van der Waals surface area contributed by atoms with Crippen molar-refractivity contribution >= 4 is 5.91 Å². The Morgan fingerprint density at radius 3 is 2.54 bits per heavy atom. The van der Waals surface area contributed by atoms with Crippen LogP contribution in [-0.4, -0.2) is 46.2 Å². The number of aromatic nitrogens is 1. The number of H-pyrrole nitrogens is 1. The second kappa shape index (κ2) is 6.88. The second-order valence-electron chi connectivity index (χ2n) is 6.03. The molecule has 0 spiro atoms. The highest BCUT2D eigenvalue weighted by Crippen LogP contribution is 2.24. The topological polar surface area (TPSA) is 82.6 Å². The van der Waals surface area contributed by atoms with Crippen molar-refractivity contribution in [2.45, 2.75) is 18.4 Å². The molecule has 1 aromatic heterocycles. The fourth-order valence-corrected chi connectivity index (χ4v) is 2.77. The smallest absolute Gasteiger partial charge is 0.260 e. The summed E-state index contributed by atoms with van der Waals surface area (Å²) in [4.78, 5) is 28.2. The number of carbonyl (C=O) groups is 1. The van der Waals surface area contributed by atoms with Crippen LogP contribution in [0, 0.1) is 0 Å². The number of piperidine rings is 1. The average molecular weight is 328 g/mol. The molecule has 6 heteroatoms. The number of nitrogens with one attached hydrogen (secondary N) is 1. The standard InChI is InChI=1S/C18H20N2O4/c21-16-15(7-4-10-19-16)17(22)20-11-8-18(23,9-12-20)13-24-14-5-2-1-3-6-14/h1-7,10,23H,8-9,11-13H2,(H,19,21). The van der Waals surface area contributed by atoms with Crippen molar-refractivity contribution in [2.75, 3.05) is 19.7 Å². The highest BCUT2D eigenvalue weighted by molar-refractivity contribution is 5.93. The highest BCUT2D eigenvalue weighted by Gasteiger charge is 2.35. The Kier molecular flexibility index (Phi) is 4.66. The zero-order valence-corrected chi connectivity index (χ0v) is 13.3. The van der Waals surface area contributed by atoms with Gasteiger partial charge < -0.3 is 19.7 Å². The lowest BCUT2D eigenvalue weighted by atomic mass is 9.92. The fourth-order valence-electron chi connectivity index (χ4n) is 2.77. The van der Waals surface area contributed by atoms with E-state index < -0.39 is 11.2 Å². The molecule has 1 amide bonds. The first kappa shape index (κ1) is 16.3. The number of ether oxygens (including phenoxy) is 1. The third-order valence-electron chi connectivity index (χ3n) is 4.28. The molecule has 2 N–H and O–H groups in total. The molecule has 0 aliphatic carbocycles. The van der Waals surface area contributed by atoms with Crippen LogP contribution in [-0.2, 0) is 0 Å². The first-order valence-corrected chi connectivity index (χ1v) is 7.95. The fraction of sp³-hybridized carbons (Fsp3) is 0.333. The van der Waals surface area contributed by atoms with E-state index in [1.54, 1.807) is 11.0 Å². The zero-order chi connectivity index (χ0) is 17.0. The Hall–Kier alpha value is -2.60. The number of rotatable bonds is 4. The molecule has 1 aliphatic rings. The number of carbonyl (C=O) groups excluding carboxylic acids is 1. The minimum Gasteiger partial charge on any atom is -0.491 e. The molecule has 24 heavy (non-hydrogen) atoms. The van der Waals surface area contributed by atoms with E-state index in [-0.39, 0.29) is 18.1 Å². The van der Waals surface area contributed by atoms with Crippen molar-refractivity contribution < 1.29 is 14.6 Å². The Balaban J connectivity index is 1.58. The quantitative estimate of drug-likeness (QED) is 0.889. The van der Waals surface area contributed by atoms with E-state index in [4.69, 9.17) is 4.74 Å². The molecule has 2 heterocycles. The lowest BCUT2D eigenvalue weighted by Gasteiger charge is -2.37. The summed E-state index contributed by atoms with van der Waals surface area (Å²) in [6.45, 7) is 0.967. The number of nitrogens with zero attached hydrogens (tertiary/aromatic N) is 1. The van der Waals surface area contributed by atoms with Crippen molar-refractivity contribution in [3.05, 3.63) is 64.6 Å². The van der Waals surface area contributed by atoms with Gasteiger partial charge in [0.15, 0.2) is 0 Å². The van der Waals surface area contributed by atoms with Crippen molar-refractivity contribution in [1.29, 1.82) is 0 Å². The molecule has 126 valence electrons. The lowest BCUT2D eigenvalue weighted by molar-refractivity contribution is -0.0475. The Morgan fingerprint density at radius 2 is 1.88 bits per heavy atom. The van der Waals surface area contributed by atoms with Crippen LogP contribution < -0.4 is 10.3 Å². The molecule has 1 aliphatic heterocycles. The van der Waals surface area contributed by atoms with Crippen LogP contribution in [0.15, 0.2) is 53.5 Å². The van der Waals surface area contributed by atoms with E-state index in [1.165, 1.54) is 12.3 Å². The van der Waals surface area contributed by atoms with E-state index in [1.807, 2.05) is 30.3 Å². The second-order valence-corrected chi connectivity index (χ2v) is 6.03. The number of hydrogen-bond acceptors (Lipinski definition) is 4. The van der Waals surface area contributed by atoms with Crippen LogP contribution in [0.5, 0.6) is 5.75 Å². The molecule has 0 saturated carbocycles. The van der Waals surface area contributed by atoms with E-state index in [2.05, 4.69) is 4.98 Å². The normalized spacial score (nSPS) is 16.6. The number of amides is 1. The Morgan fingerprint density at radius 1 is 1.17 bits per heavy atom. The molecule has 0 unspecified atom stereocenters. The summed E-state index contributed by atoms with van der Waals surface area (Å²) in [6.07, 6.45) is 2.32. The number of para-hydroxylation sites is 1. The van der Waals surface area contributed by atoms with Crippen LogP contribution in [0.3, 0.4) is 0 Å². The van der Waals surface area contributed by atoms with Gasteiger partial charge in [0.25, 0.3) is 11.5 Å². The average Bonchev–Trinajstić information content (AvgIpc) is 2.62. The van der Waals surface area contributed by atoms with Crippen LogP contribution in [0.4, 0.5) is 0 Å². The summed E-state index contributed by atoms with van der Waals surface area (Å²) in [5, 5.41) is 10.6. The van der Waals surface area contributed by atoms with Gasteiger partial charge in [0.05, 0.1) is 0 Å². The minimum absolute atomic E-state index is 0.128. The van der Waals surface area contributed by atoms with Crippen LogP contribution in [0.25, 0.3) is 0 Å². The van der Waals surface area contributed by atoms with Gasteiger partial charge in [0.1, 0.15) is 23.5 Å². The van der Waals surface area contributed by atoms with E-state index in [9.17, 15) is 14.7 Å². The number of aromatic amines is 1. The molecule has 0 radical (unpaired) electrons. The van der Waals surface area contributed by atoms with Crippen molar-refractivity contribution in [1.82, 2.24) is 9.88 Å². The summed E-state index contributed by atoms with van der Waals surface area (Å²) in [7, 11) is 0. The molecule has 3 rings (SSSR count). The van der Waals surface area contributed by atoms with Gasteiger partial charge in [-0.1, -0.05) is 18.2 Å². The number of likely N-dealkylation sites (tertiary alicyclic amines) is 1. The first-order valence-electron chi connectivity index (χ1n) is 7.95. The van der Waals surface area contributed by atoms with Gasteiger partial charge in [-0.2, -0.15) is 0 Å². The molecule has 1 saturated heterocycles. The van der Waals surface area contributed by atoms with Gasteiger partial charge in [-0.15, -0.1) is 0 Å². The van der Waals surface area contributed by atoms with Gasteiger partial charge >= 0.3 is 0 Å². The van der Waals surface area contributed by atoms with Gasteiger partial charge in [0, 0.05) is 19.3 Å². The molecule has 2 aromatic rings. The molecule has 1 aromatic carbocycles. The van der Waals surface area contributed by atoms with Crippen LogP contribution >= 0.6 is 0 Å². The van der Waals surface area contributed by atoms with E-state index in [0.717, 1.165) is 0 Å². The molecular weight excluding hydrogens is 308 g/mol. The summed E-state index contributed by atoms with van der Waals surface area (Å²) in [5.41, 5.74) is -1.23. The van der Waals surface area contributed by atoms with Crippen molar-refractivity contribution in [3.63, 3.8) is 0 Å². The lowest BCUT2D eigenvalue weighted by Crippen LogP contribution is -2.50. The Labute approximate surface area is 139 Å². The summed E-state index contributed by atoms with van der Waals surface area (Å²) >= 11 is 0. The summed E-state index contributed by atoms with van der Waals surface area (Å²) in [5.74, 6) is 0.406. The maximum atomic E-state index is 12.4. The maximum Gasteiger partial charge on any atom is 0.260 e. The third-order valence-corrected chi connectivity index (χ3v) is 4.28. The number of pyridine rings is 1. The van der Waals surface area contributed by atoms with E-state index >= 15 is 0 Å². The van der Waals surface area contributed by atoms with Gasteiger partial charge in [-0.05, 0) is 37.1 Å². The molecule has 1 fully saturated rings. The SMILES string of the molecule is O=C(c1ccc[nH]c1=O)N1CCC(O)(COc2ccccc2)CC1. The number of benzene rings is 1. The predicted molar refractivity (Wildman–Crippen MR) is 89.1 cm³/mol.